The van der Waals surface area contributed by atoms with Crippen LogP contribution in [0.15, 0.2) is 40.3 Å². The number of benzene rings is 1. The third-order valence-electron chi connectivity index (χ3n) is 6.10. The fraction of sp³-hybridized carbons (Fsp3) is 0.391. The summed E-state index contributed by atoms with van der Waals surface area (Å²) >= 11 is 2.85. The summed E-state index contributed by atoms with van der Waals surface area (Å²) in [7, 11) is 0. The van der Waals surface area contributed by atoms with E-state index in [1.807, 2.05) is 30.3 Å². The number of nitrogens with zero attached hydrogens (tertiary/aromatic N) is 3. The first-order valence-electron chi connectivity index (χ1n) is 10.6. The maximum atomic E-state index is 13.6. The quantitative estimate of drug-likeness (QED) is 0.469. The Morgan fingerprint density at radius 2 is 2.00 bits per heavy atom. The second-order valence-electron chi connectivity index (χ2n) is 8.15. The predicted molar refractivity (Wildman–Crippen MR) is 123 cm³/mol. The van der Waals surface area contributed by atoms with Gasteiger partial charge in [-0.25, -0.2) is 4.98 Å². The lowest BCUT2D eigenvalue weighted by Crippen LogP contribution is -2.45. The van der Waals surface area contributed by atoms with E-state index in [0.717, 1.165) is 53.6 Å². The molecular weight excluding hydrogens is 428 g/mol. The molecule has 158 valence electrons. The van der Waals surface area contributed by atoms with Gasteiger partial charge in [-0.1, -0.05) is 30.0 Å². The molecule has 2 aliphatic rings. The minimum absolute atomic E-state index is 0.0669. The van der Waals surface area contributed by atoms with E-state index in [9.17, 15) is 14.9 Å². The first-order chi connectivity index (χ1) is 15.1. The third kappa shape index (κ3) is 3.66. The summed E-state index contributed by atoms with van der Waals surface area (Å²) in [6.45, 7) is 0. The SMILES string of the molecule is N#CC1(NC(=O)CSc2nc3sc4c(c3c(=O)n2-c2ccccc2)CCC4)CCCC1. The van der Waals surface area contributed by atoms with Crippen LogP contribution in [0.1, 0.15) is 42.5 Å². The van der Waals surface area contributed by atoms with E-state index in [4.69, 9.17) is 4.98 Å². The number of rotatable bonds is 5. The van der Waals surface area contributed by atoms with Crippen LogP contribution in [0, 0.1) is 11.3 Å². The van der Waals surface area contributed by atoms with Crippen molar-refractivity contribution >= 4 is 39.2 Å². The molecule has 2 aromatic heterocycles. The number of aryl methyl sites for hydroxylation is 2. The lowest BCUT2D eigenvalue weighted by atomic mass is 10.0. The summed E-state index contributed by atoms with van der Waals surface area (Å²) in [5.74, 6) is -0.0877. The van der Waals surface area contributed by atoms with Gasteiger partial charge in [-0.3, -0.25) is 14.2 Å². The number of aromatic nitrogens is 2. The Morgan fingerprint density at radius 1 is 1.23 bits per heavy atom. The number of fused-ring (bicyclic) bond motifs is 3. The molecule has 0 saturated heterocycles. The number of carbonyl (C=O) groups excluding carboxylic acids is 1. The van der Waals surface area contributed by atoms with Gasteiger partial charge in [-0.2, -0.15) is 5.26 Å². The van der Waals surface area contributed by atoms with Crippen molar-refractivity contribution < 1.29 is 4.79 Å². The first-order valence-corrected chi connectivity index (χ1v) is 12.4. The number of thiophene rings is 1. The Balaban J connectivity index is 1.50. The van der Waals surface area contributed by atoms with Crippen LogP contribution in [-0.4, -0.2) is 26.8 Å². The Morgan fingerprint density at radius 3 is 2.74 bits per heavy atom. The lowest BCUT2D eigenvalue weighted by Gasteiger charge is -2.21. The Hall–Kier alpha value is -2.63. The van der Waals surface area contributed by atoms with Crippen molar-refractivity contribution in [1.29, 1.82) is 5.26 Å². The van der Waals surface area contributed by atoms with Gasteiger partial charge in [0.1, 0.15) is 10.4 Å². The predicted octanol–water partition coefficient (Wildman–Crippen LogP) is 3.98. The highest BCUT2D eigenvalue weighted by molar-refractivity contribution is 7.99. The van der Waals surface area contributed by atoms with Gasteiger partial charge >= 0.3 is 0 Å². The highest BCUT2D eigenvalue weighted by atomic mass is 32.2. The normalized spacial score (nSPS) is 16.9. The fourth-order valence-corrected chi connectivity index (χ4v) is 6.72. The van der Waals surface area contributed by atoms with Crippen LogP contribution in [0.25, 0.3) is 15.9 Å². The van der Waals surface area contributed by atoms with Gasteiger partial charge in [0.2, 0.25) is 5.91 Å². The monoisotopic (exact) mass is 450 g/mol. The second-order valence-corrected chi connectivity index (χ2v) is 10.2. The number of hydrogen-bond donors (Lipinski definition) is 1. The molecule has 6 nitrogen and oxygen atoms in total. The van der Waals surface area contributed by atoms with Crippen LogP contribution in [0.4, 0.5) is 0 Å². The molecule has 0 aliphatic heterocycles. The number of hydrogen-bond acceptors (Lipinski definition) is 6. The average Bonchev–Trinajstić information content (AvgIpc) is 3.49. The van der Waals surface area contributed by atoms with Crippen molar-refractivity contribution in [3.63, 3.8) is 0 Å². The molecule has 0 radical (unpaired) electrons. The smallest absolute Gasteiger partial charge is 0.267 e. The van der Waals surface area contributed by atoms with Gasteiger partial charge < -0.3 is 5.32 Å². The van der Waals surface area contributed by atoms with Crippen molar-refractivity contribution in [2.24, 2.45) is 0 Å². The Kier molecular flexibility index (Phi) is 5.32. The van der Waals surface area contributed by atoms with Crippen molar-refractivity contribution in [3.05, 3.63) is 51.1 Å². The van der Waals surface area contributed by atoms with Gasteiger partial charge in [0.15, 0.2) is 5.16 Å². The minimum Gasteiger partial charge on any atom is -0.337 e. The van der Waals surface area contributed by atoms with Crippen LogP contribution in [0.5, 0.6) is 0 Å². The van der Waals surface area contributed by atoms with E-state index >= 15 is 0 Å². The summed E-state index contributed by atoms with van der Waals surface area (Å²) in [6, 6.07) is 11.7. The summed E-state index contributed by atoms with van der Waals surface area (Å²) in [6.07, 6.45) is 6.30. The molecule has 31 heavy (non-hydrogen) atoms. The van der Waals surface area contributed by atoms with E-state index < -0.39 is 5.54 Å². The van der Waals surface area contributed by atoms with E-state index in [-0.39, 0.29) is 17.2 Å². The van der Waals surface area contributed by atoms with Crippen molar-refractivity contribution in [2.75, 3.05) is 5.75 Å². The second kappa shape index (κ2) is 8.13. The number of carbonyl (C=O) groups is 1. The van der Waals surface area contributed by atoms with Gasteiger partial charge in [0.25, 0.3) is 5.56 Å². The lowest BCUT2D eigenvalue weighted by molar-refractivity contribution is -0.119. The zero-order valence-corrected chi connectivity index (χ0v) is 18.7. The van der Waals surface area contributed by atoms with E-state index in [2.05, 4.69) is 11.4 Å². The molecule has 2 heterocycles. The number of para-hydroxylation sites is 1. The van der Waals surface area contributed by atoms with Crippen LogP contribution in [0.3, 0.4) is 0 Å². The van der Waals surface area contributed by atoms with Crippen molar-refractivity contribution in [1.82, 2.24) is 14.9 Å². The van der Waals surface area contributed by atoms with Crippen LogP contribution >= 0.6 is 23.1 Å². The number of amides is 1. The zero-order chi connectivity index (χ0) is 21.4. The fourth-order valence-electron chi connectivity index (χ4n) is 4.60. The summed E-state index contributed by atoms with van der Waals surface area (Å²) in [4.78, 5) is 33.1. The highest BCUT2D eigenvalue weighted by Crippen LogP contribution is 2.36. The first kappa shape index (κ1) is 20.3. The van der Waals surface area contributed by atoms with Gasteiger partial charge in [0, 0.05) is 4.88 Å². The highest BCUT2D eigenvalue weighted by Gasteiger charge is 2.35. The summed E-state index contributed by atoms with van der Waals surface area (Å²) in [5.41, 5.74) is 1.08. The molecule has 1 amide bonds. The maximum Gasteiger partial charge on any atom is 0.267 e. The van der Waals surface area contributed by atoms with Crippen LogP contribution in [-0.2, 0) is 17.6 Å². The number of nitriles is 1. The topological polar surface area (TPSA) is 87.8 Å². The molecule has 3 aromatic rings. The van der Waals surface area contributed by atoms with E-state index in [1.54, 1.807) is 15.9 Å². The zero-order valence-electron chi connectivity index (χ0n) is 17.0. The molecule has 0 unspecified atom stereocenters. The molecule has 0 spiro atoms. The van der Waals surface area contributed by atoms with Crippen LogP contribution in [0.2, 0.25) is 0 Å². The largest absolute Gasteiger partial charge is 0.337 e. The van der Waals surface area contributed by atoms with E-state index in [1.165, 1.54) is 16.6 Å². The molecule has 5 rings (SSSR count). The summed E-state index contributed by atoms with van der Waals surface area (Å²) < 4.78 is 1.63. The molecule has 1 aromatic carbocycles. The third-order valence-corrected chi connectivity index (χ3v) is 8.23. The Bertz CT molecular complexity index is 1250. The molecule has 2 aliphatic carbocycles. The average molecular weight is 451 g/mol. The summed E-state index contributed by atoms with van der Waals surface area (Å²) in [5, 5.41) is 13.7. The van der Waals surface area contributed by atoms with Crippen LogP contribution < -0.4 is 10.9 Å². The Labute approximate surface area is 188 Å². The maximum absolute atomic E-state index is 13.6. The van der Waals surface area contributed by atoms with Crippen molar-refractivity contribution in [2.45, 2.75) is 55.6 Å². The molecule has 8 heteroatoms. The molecule has 0 atom stereocenters. The molecule has 1 N–H and O–H groups in total. The molecule has 0 bridgehead atoms. The van der Waals surface area contributed by atoms with Crippen molar-refractivity contribution in [3.8, 4) is 11.8 Å². The van der Waals surface area contributed by atoms with E-state index in [0.29, 0.717) is 18.0 Å². The molecular formula is C23H22N4O2S2. The minimum atomic E-state index is -0.747. The van der Waals surface area contributed by atoms with Gasteiger partial charge in [0.05, 0.1) is 22.9 Å². The standard InChI is InChI=1S/C23H22N4O2S2/c24-14-23(11-4-5-12-23)26-18(28)13-30-22-25-20-19(16-9-6-10-17(16)31-20)21(29)27(22)15-7-2-1-3-8-15/h1-3,7-8H,4-6,9-13H2,(H,26,28). The molecule has 1 saturated carbocycles. The number of thioether (sulfide) groups is 1. The molecule has 1 fully saturated rings. The van der Waals surface area contributed by atoms with Gasteiger partial charge in [-0.05, 0) is 62.6 Å². The van der Waals surface area contributed by atoms with Gasteiger partial charge in [-0.15, -0.1) is 11.3 Å². The number of nitrogens with one attached hydrogen (secondary N) is 1.